The number of aromatic amines is 1. The Balaban J connectivity index is 1.76. The number of unbranched alkanes of at least 4 members (excludes halogenated alkanes) is 8. The maximum absolute atomic E-state index is 3.55. The lowest BCUT2D eigenvalue weighted by Crippen LogP contribution is -2.38. The molecule has 1 atom stereocenters. The molecule has 0 radical (unpaired) electrons. The van der Waals surface area contributed by atoms with Crippen LogP contribution in [0.3, 0.4) is 0 Å². The van der Waals surface area contributed by atoms with Gasteiger partial charge in [-0.2, -0.15) is 0 Å². The second kappa shape index (κ2) is 13.6. The van der Waals surface area contributed by atoms with Crippen LogP contribution in [0, 0.1) is 0 Å². The molecule has 2 rings (SSSR count). The molecule has 0 unspecified atom stereocenters. The minimum Gasteiger partial charge on any atom is -0.247 e. The molecular formula is C25H41N2+. The maximum Gasteiger partial charge on any atom is 0.257 e. The molecule has 0 bridgehead atoms. The molecule has 0 saturated heterocycles. The molecule has 0 fully saturated rings. The van der Waals surface area contributed by atoms with Gasteiger partial charge in [-0.25, -0.2) is 9.55 Å². The average molecular weight is 370 g/mol. The van der Waals surface area contributed by atoms with Gasteiger partial charge in [-0.15, -0.1) is 0 Å². The van der Waals surface area contributed by atoms with Crippen molar-refractivity contribution in [1.82, 2.24) is 4.98 Å². The second-order valence-electron chi connectivity index (χ2n) is 8.06. The Morgan fingerprint density at radius 3 is 2.11 bits per heavy atom. The molecule has 1 aromatic heterocycles. The Morgan fingerprint density at radius 2 is 1.44 bits per heavy atom. The fourth-order valence-electron chi connectivity index (χ4n) is 4.11. The molecule has 0 aliphatic rings. The molecule has 0 spiro atoms. The summed E-state index contributed by atoms with van der Waals surface area (Å²) in [6, 6.07) is 10.8. The Labute approximate surface area is 167 Å². The van der Waals surface area contributed by atoms with Gasteiger partial charge < -0.3 is 0 Å². The fourth-order valence-corrected chi connectivity index (χ4v) is 4.11. The van der Waals surface area contributed by atoms with Gasteiger partial charge in [0.05, 0.1) is 5.92 Å². The molecule has 0 amide bonds. The summed E-state index contributed by atoms with van der Waals surface area (Å²) < 4.78 is 2.42. The number of nitrogens with zero attached hydrogens (tertiary/aromatic N) is 1. The minimum absolute atomic E-state index is 0.665. The van der Waals surface area contributed by atoms with Gasteiger partial charge in [-0.3, -0.25) is 0 Å². The van der Waals surface area contributed by atoms with Crippen molar-refractivity contribution >= 4 is 0 Å². The van der Waals surface area contributed by atoms with Crippen molar-refractivity contribution in [3.8, 4) is 0 Å². The monoisotopic (exact) mass is 369 g/mol. The number of aromatic nitrogens is 2. The Bertz CT molecular complexity index is 587. The highest BCUT2D eigenvalue weighted by Crippen LogP contribution is 2.24. The van der Waals surface area contributed by atoms with E-state index in [2.05, 4.69) is 66.1 Å². The molecule has 2 aromatic rings. The lowest BCUT2D eigenvalue weighted by molar-refractivity contribution is -0.695. The summed E-state index contributed by atoms with van der Waals surface area (Å²) in [5.41, 5.74) is 1.38. The number of rotatable bonds is 15. The molecule has 2 nitrogen and oxygen atoms in total. The van der Waals surface area contributed by atoms with Crippen molar-refractivity contribution in [2.75, 3.05) is 0 Å². The van der Waals surface area contributed by atoms with Crippen LogP contribution in [0.2, 0.25) is 0 Å². The maximum atomic E-state index is 3.55. The zero-order chi connectivity index (χ0) is 19.2. The van der Waals surface area contributed by atoms with E-state index in [1.54, 1.807) is 0 Å². The van der Waals surface area contributed by atoms with Gasteiger partial charge >= 0.3 is 0 Å². The third-order valence-corrected chi connectivity index (χ3v) is 5.67. The standard InChI is InChI=1S/C25H40N2/c1-3-5-6-7-8-9-10-11-15-19-24(16-4-2)25-26-20-21-27(25)22-23-17-13-12-14-18-23/h12-14,17-18,20-21,24H,3-11,15-16,19,22H2,1-2H3/p+1/t24-/m0/s1. The van der Waals surface area contributed by atoms with Crippen molar-refractivity contribution < 1.29 is 4.57 Å². The molecule has 1 heterocycles. The molecule has 0 aliphatic heterocycles. The van der Waals surface area contributed by atoms with Crippen LogP contribution < -0.4 is 4.57 Å². The summed E-state index contributed by atoms with van der Waals surface area (Å²) in [5, 5.41) is 0. The molecular weight excluding hydrogens is 328 g/mol. The summed E-state index contributed by atoms with van der Waals surface area (Å²) in [4.78, 5) is 3.55. The zero-order valence-corrected chi connectivity index (χ0v) is 17.8. The SMILES string of the molecule is CCCCCCCCCCC[C@H](CCC)c1[nH]cc[n+]1Cc1ccccc1. The first-order valence-corrected chi connectivity index (χ1v) is 11.5. The summed E-state index contributed by atoms with van der Waals surface area (Å²) in [6.07, 6.45) is 20.9. The minimum atomic E-state index is 0.665. The van der Waals surface area contributed by atoms with Crippen LogP contribution in [0.5, 0.6) is 0 Å². The molecule has 0 saturated carbocycles. The van der Waals surface area contributed by atoms with Crippen LogP contribution in [-0.2, 0) is 6.54 Å². The molecule has 1 aromatic carbocycles. The van der Waals surface area contributed by atoms with Crippen molar-refractivity contribution in [3.05, 3.63) is 54.1 Å². The molecule has 1 N–H and O–H groups in total. The quantitative estimate of drug-likeness (QED) is 0.254. The highest BCUT2D eigenvalue weighted by atomic mass is 15.1. The number of nitrogens with one attached hydrogen (secondary N) is 1. The fraction of sp³-hybridized carbons (Fsp3) is 0.640. The van der Waals surface area contributed by atoms with E-state index >= 15 is 0 Å². The number of H-pyrrole nitrogens is 1. The van der Waals surface area contributed by atoms with E-state index in [0.29, 0.717) is 5.92 Å². The van der Waals surface area contributed by atoms with Gasteiger partial charge in [0, 0.05) is 0 Å². The topological polar surface area (TPSA) is 19.7 Å². The molecule has 0 aliphatic carbocycles. The Hall–Kier alpha value is -1.57. The van der Waals surface area contributed by atoms with Gasteiger partial charge in [-0.05, 0) is 18.4 Å². The van der Waals surface area contributed by atoms with E-state index in [-0.39, 0.29) is 0 Å². The molecule has 2 heteroatoms. The Morgan fingerprint density at radius 1 is 0.778 bits per heavy atom. The van der Waals surface area contributed by atoms with Crippen LogP contribution in [0.4, 0.5) is 0 Å². The number of hydrogen-bond donors (Lipinski definition) is 1. The first kappa shape index (κ1) is 21.7. The third-order valence-electron chi connectivity index (χ3n) is 5.67. The van der Waals surface area contributed by atoms with Crippen LogP contribution in [0.15, 0.2) is 42.7 Å². The third kappa shape index (κ3) is 8.32. The van der Waals surface area contributed by atoms with E-state index in [0.717, 1.165) is 6.54 Å². The van der Waals surface area contributed by atoms with Crippen LogP contribution in [0.25, 0.3) is 0 Å². The lowest BCUT2D eigenvalue weighted by Gasteiger charge is -2.13. The van der Waals surface area contributed by atoms with Crippen LogP contribution in [-0.4, -0.2) is 4.98 Å². The van der Waals surface area contributed by atoms with E-state index in [1.165, 1.54) is 88.4 Å². The van der Waals surface area contributed by atoms with Gasteiger partial charge in [-0.1, -0.05) is 108 Å². The smallest absolute Gasteiger partial charge is 0.247 e. The molecule has 27 heavy (non-hydrogen) atoms. The largest absolute Gasteiger partial charge is 0.257 e. The summed E-state index contributed by atoms with van der Waals surface area (Å²) >= 11 is 0. The van der Waals surface area contributed by atoms with E-state index in [9.17, 15) is 0 Å². The van der Waals surface area contributed by atoms with Crippen molar-refractivity contribution in [2.45, 2.75) is 103 Å². The van der Waals surface area contributed by atoms with Crippen molar-refractivity contribution in [1.29, 1.82) is 0 Å². The summed E-state index contributed by atoms with van der Waals surface area (Å²) in [5.74, 6) is 2.08. The van der Waals surface area contributed by atoms with Gasteiger partial charge in [0.25, 0.3) is 5.82 Å². The van der Waals surface area contributed by atoms with Crippen molar-refractivity contribution in [3.63, 3.8) is 0 Å². The second-order valence-corrected chi connectivity index (χ2v) is 8.06. The highest BCUT2D eigenvalue weighted by molar-refractivity contribution is 5.13. The normalized spacial score (nSPS) is 12.4. The first-order valence-electron chi connectivity index (χ1n) is 11.5. The van der Waals surface area contributed by atoms with Gasteiger partial charge in [0.1, 0.15) is 18.9 Å². The number of benzene rings is 1. The number of imidazole rings is 1. The van der Waals surface area contributed by atoms with E-state index in [1.807, 2.05) is 0 Å². The zero-order valence-electron chi connectivity index (χ0n) is 17.8. The Kier molecular flexibility index (Phi) is 10.9. The molecule has 150 valence electrons. The lowest BCUT2D eigenvalue weighted by atomic mass is 9.95. The average Bonchev–Trinajstić information content (AvgIpc) is 3.14. The highest BCUT2D eigenvalue weighted by Gasteiger charge is 2.22. The van der Waals surface area contributed by atoms with Gasteiger partial charge in [0.15, 0.2) is 0 Å². The first-order chi connectivity index (χ1) is 13.3. The predicted octanol–water partition coefficient (Wildman–Crippen LogP) is 7.16. The van der Waals surface area contributed by atoms with E-state index < -0.39 is 0 Å². The van der Waals surface area contributed by atoms with E-state index in [4.69, 9.17) is 0 Å². The van der Waals surface area contributed by atoms with Gasteiger partial charge in [0.2, 0.25) is 0 Å². The van der Waals surface area contributed by atoms with Crippen LogP contribution in [0.1, 0.15) is 108 Å². The summed E-state index contributed by atoms with van der Waals surface area (Å²) in [7, 11) is 0. The predicted molar refractivity (Wildman–Crippen MR) is 116 cm³/mol. The van der Waals surface area contributed by atoms with Crippen molar-refractivity contribution in [2.24, 2.45) is 0 Å². The van der Waals surface area contributed by atoms with Crippen LogP contribution >= 0.6 is 0 Å². The number of hydrogen-bond acceptors (Lipinski definition) is 0. The summed E-state index contributed by atoms with van der Waals surface area (Å²) in [6.45, 7) is 5.58.